The third kappa shape index (κ3) is 6.38. The lowest BCUT2D eigenvalue weighted by Gasteiger charge is -2.06. The number of hydrogen-bond acceptors (Lipinski definition) is 4. The van der Waals surface area contributed by atoms with Crippen molar-refractivity contribution in [3.63, 3.8) is 0 Å². The highest BCUT2D eigenvalue weighted by atomic mass is 16.5. The van der Waals surface area contributed by atoms with Crippen molar-refractivity contribution in [2.75, 3.05) is 6.61 Å². The zero-order valence-electron chi connectivity index (χ0n) is 12.1. The van der Waals surface area contributed by atoms with Gasteiger partial charge in [-0.15, -0.1) is 0 Å². The zero-order chi connectivity index (χ0) is 15.7. The van der Waals surface area contributed by atoms with E-state index in [1.54, 1.807) is 44.2 Å². The molecule has 0 fully saturated rings. The number of carbonyl (C=O) groups excluding carboxylic acids is 2. The van der Waals surface area contributed by atoms with Gasteiger partial charge in [0, 0.05) is 6.04 Å². The highest BCUT2D eigenvalue weighted by Crippen LogP contribution is 2.11. The van der Waals surface area contributed by atoms with Gasteiger partial charge in [0.2, 0.25) is 0 Å². The summed E-state index contributed by atoms with van der Waals surface area (Å²) >= 11 is 0. The molecule has 0 aliphatic carbocycles. The number of carbonyl (C=O) groups is 2. The van der Waals surface area contributed by atoms with Crippen molar-refractivity contribution in [1.29, 1.82) is 0 Å². The number of hydrazone groups is 1. The van der Waals surface area contributed by atoms with Gasteiger partial charge in [-0.25, -0.2) is 5.43 Å². The van der Waals surface area contributed by atoms with Gasteiger partial charge >= 0.3 is 11.8 Å². The van der Waals surface area contributed by atoms with Gasteiger partial charge < -0.3 is 10.1 Å². The fourth-order valence-corrected chi connectivity index (χ4v) is 1.38. The maximum absolute atomic E-state index is 11.4. The number of hydrogen-bond donors (Lipinski definition) is 2. The lowest BCUT2D eigenvalue weighted by molar-refractivity contribution is -0.139. The van der Waals surface area contributed by atoms with Gasteiger partial charge in [-0.2, -0.15) is 5.10 Å². The van der Waals surface area contributed by atoms with Gasteiger partial charge in [-0.05, 0) is 31.5 Å². The molecule has 0 saturated heterocycles. The molecule has 1 aromatic rings. The number of benzene rings is 1. The Hall–Kier alpha value is -2.63. The minimum Gasteiger partial charge on any atom is -0.490 e. The summed E-state index contributed by atoms with van der Waals surface area (Å²) in [5.41, 5.74) is 2.90. The minimum absolute atomic E-state index is 0.106. The van der Waals surface area contributed by atoms with E-state index in [2.05, 4.69) is 22.4 Å². The summed E-state index contributed by atoms with van der Waals surface area (Å²) in [6.45, 7) is 7.51. The molecule has 2 N–H and O–H groups in total. The van der Waals surface area contributed by atoms with Gasteiger partial charge in [-0.3, -0.25) is 9.59 Å². The summed E-state index contributed by atoms with van der Waals surface area (Å²) in [4.78, 5) is 22.7. The molecule has 6 heteroatoms. The molecule has 0 aromatic heterocycles. The molecule has 6 nitrogen and oxygen atoms in total. The van der Waals surface area contributed by atoms with E-state index in [0.29, 0.717) is 12.4 Å². The largest absolute Gasteiger partial charge is 0.490 e. The molecule has 1 aromatic carbocycles. The first-order chi connectivity index (χ1) is 10.0. The van der Waals surface area contributed by atoms with Crippen LogP contribution in [-0.2, 0) is 9.59 Å². The van der Waals surface area contributed by atoms with Crippen molar-refractivity contribution in [2.24, 2.45) is 5.10 Å². The molecule has 0 spiro atoms. The van der Waals surface area contributed by atoms with E-state index in [1.165, 1.54) is 6.21 Å². The van der Waals surface area contributed by atoms with E-state index < -0.39 is 11.8 Å². The summed E-state index contributed by atoms with van der Waals surface area (Å²) in [5, 5.41) is 6.20. The van der Waals surface area contributed by atoms with Crippen LogP contribution in [0.1, 0.15) is 19.4 Å². The van der Waals surface area contributed by atoms with Crippen molar-refractivity contribution >= 4 is 18.0 Å². The Morgan fingerprint density at radius 3 is 2.81 bits per heavy atom. The Kier molecular flexibility index (Phi) is 6.67. The Balaban J connectivity index is 2.54. The molecule has 0 radical (unpaired) electrons. The predicted octanol–water partition coefficient (Wildman–Crippen LogP) is 1.23. The molecule has 0 unspecified atom stereocenters. The maximum atomic E-state index is 11.4. The van der Waals surface area contributed by atoms with Crippen molar-refractivity contribution in [2.45, 2.75) is 19.9 Å². The maximum Gasteiger partial charge on any atom is 0.329 e. The fourth-order valence-electron chi connectivity index (χ4n) is 1.38. The second kappa shape index (κ2) is 8.52. The Morgan fingerprint density at radius 2 is 2.14 bits per heavy atom. The van der Waals surface area contributed by atoms with Crippen LogP contribution in [0.15, 0.2) is 42.0 Å². The highest BCUT2D eigenvalue weighted by molar-refractivity contribution is 6.35. The SMILES string of the molecule is C=CCOc1cccc(/C=N\NC(=O)C(=O)NC(C)C)c1. The van der Waals surface area contributed by atoms with E-state index in [-0.39, 0.29) is 6.04 Å². The van der Waals surface area contributed by atoms with E-state index in [4.69, 9.17) is 4.74 Å². The molecule has 2 amide bonds. The third-order valence-electron chi connectivity index (χ3n) is 2.23. The first-order valence-electron chi connectivity index (χ1n) is 6.50. The van der Waals surface area contributed by atoms with Gasteiger partial charge in [0.25, 0.3) is 0 Å². The monoisotopic (exact) mass is 289 g/mol. The van der Waals surface area contributed by atoms with Gasteiger partial charge in [0.05, 0.1) is 6.21 Å². The molecular weight excluding hydrogens is 270 g/mol. The van der Waals surface area contributed by atoms with E-state index in [1.807, 2.05) is 0 Å². The van der Waals surface area contributed by atoms with Crippen LogP contribution in [0, 0.1) is 0 Å². The van der Waals surface area contributed by atoms with Crippen LogP contribution in [0.3, 0.4) is 0 Å². The lowest BCUT2D eigenvalue weighted by Crippen LogP contribution is -2.41. The minimum atomic E-state index is -0.806. The van der Waals surface area contributed by atoms with Crippen LogP contribution in [0.25, 0.3) is 0 Å². The number of amides is 2. The molecule has 0 bridgehead atoms. The van der Waals surface area contributed by atoms with Gasteiger partial charge in [0.1, 0.15) is 12.4 Å². The standard InChI is InChI=1S/C15H19N3O3/c1-4-8-21-13-7-5-6-12(9-13)10-16-18-15(20)14(19)17-11(2)3/h4-7,9-11H,1,8H2,2-3H3,(H,17,19)(H,18,20)/b16-10-. The molecule has 1 rings (SSSR count). The van der Waals surface area contributed by atoms with E-state index in [9.17, 15) is 9.59 Å². The van der Waals surface area contributed by atoms with Crippen LogP contribution in [-0.4, -0.2) is 30.7 Å². The zero-order valence-corrected chi connectivity index (χ0v) is 12.1. The van der Waals surface area contributed by atoms with Crippen molar-refractivity contribution in [1.82, 2.24) is 10.7 Å². The summed E-state index contributed by atoms with van der Waals surface area (Å²) < 4.78 is 5.37. The molecule has 0 saturated carbocycles. The van der Waals surface area contributed by atoms with Gasteiger partial charge in [0.15, 0.2) is 0 Å². The molecule has 0 atom stereocenters. The lowest BCUT2D eigenvalue weighted by atomic mass is 10.2. The van der Waals surface area contributed by atoms with Crippen molar-refractivity contribution in [3.8, 4) is 5.75 Å². The topological polar surface area (TPSA) is 79.8 Å². The fraction of sp³-hybridized carbons (Fsp3) is 0.267. The molecule has 0 aliphatic rings. The second-order valence-corrected chi connectivity index (χ2v) is 4.50. The van der Waals surface area contributed by atoms with Crippen LogP contribution < -0.4 is 15.5 Å². The summed E-state index contributed by atoms with van der Waals surface area (Å²) in [7, 11) is 0. The number of rotatable bonds is 6. The first-order valence-corrected chi connectivity index (χ1v) is 6.50. The number of nitrogens with zero attached hydrogens (tertiary/aromatic N) is 1. The molecule has 0 heterocycles. The Bertz CT molecular complexity index is 539. The predicted molar refractivity (Wildman–Crippen MR) is 81.1 cm³/mol. The van der Waals surface area contributed by atoms with Crippen LogP contribution in [0.5, 0.6) is 5.75 Å². The normalized spacial score (nSPS) is 10.4. The van der Waals surface area contributed by atoms with E-state index >= 15 is 0 Å². The summed E-state index contributed by atoms with van der Waals surface area (Å²) in [5.74, 6) is -0.855. The quantitative estimate of drug-likeness (QED) is 0.358. The van der Waals surface area contributed by atoms with Crippen LogP contribution in [0.4, 0.5) is 0 Å². The van der Waals surface area contributed by atoms with Crippen LogP contribution >= 0.6 is 0 Å². The smallest absolute Gasteiger partial charge is 0.329 e. The van der Waals surface area contributed by atoms with Gasteiger partial charge in [-0.1, -0.05) is 24.8 Å². The Morgan fingerprint density at radius 1 is 1.38 bits per heavy atom. The molecule has 112 valence electrons. The number of ether oxygens (including phenoxy) is 1. The molecule has 21 heavy (non-hydrogen) atoms. The van der Waals surface area contributed by atoms with Crippen molar-refractivity contribution in [3.05, 3.63) is 42.5 Å². The summed E-state index contributed by atoms with van der Waals surface area (Å²) in [6, 6.07) is 7.05. The number of nitrogens with one attached hydrogen (secondary N) is 2. The highest BCUT2D eigenvalue weighted by Gasteiger charge is 2.12. The average Bonchev–Trinajstić information content (AvgIpc) is 2.44. The third-order valence-corrected chi connectivity index (χ3v) is 2.23. The Labute approximate surface area is 123 Å². The molecule has 0 aliphatic heterocycles. The second-order valence-electron chi connectivity index (χ2n) is 4.50. The molecular formula is C15H19N3O3. The first kappa shape index (κ1) is 16.4. The van der Waals surface area contributed by atoms with Crippen LogP contribution in [0.2, 0.25) is 0 Å². The van der Waals surface area contributed by atoms with E-state index in [0.717, 1.165) is 5.56 Å². The average molecular weight is 289 g/mol. The summed E-state index contributed by atoms with van der Waals surface area (Å²) in [6.07, 6.45) is 3.08. The van der Waals surface area contributed by atoms with Crippen molar-refractivity contribution < 1.29 is 14.3 Å².